The summed E-state index contributed by atoms with van der Waals surface area (Å²) >= 11 is 8.21. The summed E-state index contributed by atoms with van der Waals surface area (Å²) in [6, 6.07) is 14.8. The normalized spacial score (nSPS) is 22.6. The summed E-state index contributed by atoms with van der Waals surface area (Å²) in [5, 5.41) is 34.4. The predicted octanol–water partition coefficient (Wildman–Crippen LogP) is 7.09. The first-order valence-electron chi connectivity index (χ1n) is 14.8. The average molecular weight is 667 g/mol. The topological polar surface area (TPSA) is 129 Å². The van der Waals surface area contributed by atoms with Gasteiger partial charge < -0.3 is 30.1 Å². The minimum absolute atomic E-state index is 0.00836. The van der Waals surface area contributed by atoms with Crippen molar-refractivity contribution in [3.63, 3.8) is 0 Å². The van der Waals surface area contributed by atoms with Crippen LogP contribution >= 0.6 is 23.4 Å². The van der Waals surface area contributed by atoms with Crippen LogP contribution in [0.25, 0.3) is 6.08 Å². The van der Waals surface area contributed by atoms with Gasteiger partial charge >= 0.3 is 0 Å². The second kappa shape index (κ2) is 15.0. The molecule has 4 unspecified atom stereocenters. The number of amides is 1. The highest BCUT2D eigenvalue weighted by atomic mass is 35.5. The number of carbonyl (C=O) groups excluding carboxylic acids is 2. The summed E-state index contributed by atoms with van der Waals surface area (Å²) < 4.78 is 10.6. The monoisotopic (exact) mass is 666 g/mol. The van der Waals surface area contributed by atoms with E-state index in [1.807, 2.05) is 26.8 Å². The highest BCUT2D eigenvalue weighted by Gasteiger charge is 2.61. The quantitative estimate of drug-likeness (QED) is 0.0776. The number of nitrogens with one attached hydrogen (secondary N) is 1. The Hall–Kier alpha value is -4.12. The molecule has 2 aliphatic heterocycles. The van der Waals surface area contributed by atoms with Gasteiger partial charge in [-0.3, -0.25) is 14.5 Å². The first kappa shape index (κ1) is 34.7. The Labute approximate surface area is 278 Å². The van der Waals surface area contributed by atoms with Gasteiger partial charge in [0.25, 0.3) is 0 Å². The number of phenols is 2. The maximum Gasteiger partial charge on any atom is 0.211 e. The Morgan fingerprint density at radius 3 is 2.39 bits per heavy atom. The lowest BCUT2D eigenvalue weighted by atomic mass is 9.70. The van der Waals surface area contributed by atoms with Crippen LogP contribution in [-0.2, 0) is 15.1 Å². The van der Waals surface area contributed by atoms with E-state index in [1.165, 1.54) is 32.4 Å². The van der Waals surface area contributed by atoms with E-state index in [4.69, 9.17) is 21.1 Å². The van der Waals surface area contributed by atoms with E-state index in [0.29, 0.717) is 34.3 Å². The second-order valence-corrected chi connectivity index (χ2v) is 12.2. The third kappa shape index (κ3) is 6.70. The number of aliphatic hydroxyl groups excluding tert-OH is 1. The number of aromatic hydroxyl groups is 2. The molecule has 0 spiro atoms. The summed E-state index contributed by atoms with van der Waals surface area (Å²) in [4.78, 5) is 28.1. The Morgan fingerprint density at radius 2 is 1.72 bits per heavy atom. The van der Waals surface area contributed by atoms with Crippen molar-refractivity contribution in [2.24, 2.45) is 5.92 Å². The molecule has 2 fully saturated rings. The number of hydrogen-bond donors (Lipinski definition) is 4. The smallest absolute Gasteiger partial charge is 0.211 e. The maximum absolute atomic E-state index is 14.2. The number of rotatable bonds is 10. The molecule has 5 rings (SSSR count). The van der Waals surface area contributed by atoms with Gasteiger partial charge in [-0.2, -0.15) is 0 Å². The van der Waals surface area contributed by atoms with Crippen molar-refractivity contribution in [1.82, 2.24) is 4.90 Å². The average Bonchev–Trinajstić information content (AvgIpc) is 3.64. The predicted molar refractivity (Wildman–Crippen MR) is 183 cm³/mol. The summed E-state index contributed by atoms with van der Waals surface area (Å²) in [6.07, 6.45) is 4.88. The number of methoxy groups -OCH3 is 2. The molecule has 4 atom stereocenters. The number of aliphatic hydroxyl groups is 1. The number of carbonyl (C=O) groups is 2. The standard InChI is InChI=1S/C33H33ClN2O7S.C2H6/c1-33(23-14-21(34)7-9-24(23)35-17-37)32(20-6-11-27(40)30(13-20)43-3)31(25-16-44-18-36(25)33)28(41)15-22(38)8-4-19-5-10-26(39)29(12-19)42-2;1-2/h4-15,17,25,31-32,38-40H,16,18H2,1-3H3,(H,35,37);1-2H3/b8-4+,22-15-;. The molecule has 0 bridgehead atoms. The molecule has 2 saturated heterocycles. The lowest BCUT2D eigenvalue weighted by Crippen LogP contribution is -2.43. The van der Waals surface area contributed by atoms with Gasteiger partial charge in [-0.05, 0) is 72.2 Å². The van der Waals surface area contributed by atoms with Gasteiger partial charge in [0, 0.05) is 46.3 Å². The van der Waals surface area contributed by atoms with Crippen LogP contribution in [0.3, 0.4) is 0 Å². The van der Waals surface area contributed by atoms with Crippen molar-refractivity contribution in [2.45, 2.75) is 38.3 Å². The SMILES string of the molecule is CC.COc1cc(/C=C/C(O)=C/C(=O)C2C3CSCN3C(C)(c3cc(Cl)ccc3NC=O)C2c2ccc(O)c(OC)c2)ccc1O. The third-order valence-electron chi connectivity index (χ3n) is 8.47. The number of phenolic OH excluding ortho intramolecular Hbond substituents is 2. The molecule has 2 aliphatic rings. The van der Waals surface area contributed by atoms with Crippen LogP contribution in [0.15, 0.2) is 72.5 Å². The fourth-order valence-corrected chi connectivity index (χ4v) is 8.04. The minimum atomic E-state index is -0.839. The molecule has 9 nitrogen and oxygen atoms in total. The number of hydrogen-bond acceptors (Lipinski definition) is 9. The maximum atomic E-state index is 14.2. The van der Waals surface area contributed by atoms with Crippen molar-refractivity contribution < 1.29 is 34.4 Å². The second-order valence-electron chi connectivity index (χ2n) is 10.8. The molecule has 0 saturated carbocycles. The van der Waals surface area contributed by atoms with E-state index in [0.717, 1.165) is 11.1 Å². The molecule has 0 radical (unpaired) electrons. The zero-order chi connectivity index (χ0) is 33.6. The van der Waals surface area contributed by atoms with Crippen LogP contribution < -0.4 is 14.8 Å². The number of benzene rings is 3. The number of fused-ring (bicyclic) bond motifs is 1. The number of ketones is 1. The largest absolute Gasteiger partial charge is 0.508 e. The Morgan fingerprint density at radius 1 is 1.04 bits per heavy atom. The number of ether oxygens (including phenoxy) is 2. The van der Waals surface area contributed by atoms with Crippen LogP contribution in [0.2, 0.25) is 5.02 Å². The van der Waals surface area contributed by atoms with Gasteiger partial charge in [-0.15, -0.1) is 11.8 Å². The molecule has 1 amide bonds. The molecule has 0 aliphatic carbocycles. The number of nitrogens with zero attached hydrogens (tertiary/aromatic N) is 1. The fourth-order valence-electron chi connectivity index (χ4n) is 6.47. The Balaban J connectivity index is 0.00000235. The van der Waals surface area contributed by atoms with Gasteiger partial charge in [0.2, 0.25) is 6.41 Å². The first-order valence-corrected chi connectivity index (χ1v) is 16.4. The minimum Gasteiger partial charge on any atom is -0.508 e. The molecule has 3 aromatic carbocycles. The third-order valence-corrected chi connectivity index (χ3v) is 9.74. The molecule has 3 aromatic rings. The highest BCUT2D eigenvalue weighted by molar-refractivity contribution is 7.99. The highest BCUT2D eigenvalue weighted by Crippen LogP contribution is 2.60. The summed E-state index contributed by atoms with van der Waals surface area (Å²) in [5.41, 5.74) is 1.87. The van der Waals surface area contributed by atoms with Crippen LogP contribution in [0.1, 0.15) is 43.4 Å². The van der Waals surface area contributed by atoms with Crippen LogP contribution in [0.5, 0.6) is 23.0 Å². The van der Waals surface area contributed by atoms with Crippen LogP contribution in [0.4, 0.5) is 5.69 Å². The van der Waals surface area contributed by atoms with Gasteiger partial charge in [-0.25, -0.2) is 0 Å². The zero-order valence-corrected chi connectivity index (χ0v) is 27.9. The number of halogens is 1. The van der Waals surface area contributed by atoms with Gasteiger partial charge in [0.15, 0.2) is 28.8 Å². The van der Waals surface area contributed by atoms with Crippen molar-refractivity contribution in [2.75, 3.05) is 31.2 Å². The van der Waals surface area contributed by atoms with E-state index in [2.05, 4.69) is 10.2 Å². The summed E-state index contributed by atoms with van der Waals surface area (Å²) in [7, 11) is 2.91. The molecule has 244 valence electrons. The van der Waals surface area contributed by atoms with Crippen molar-refractivity contribution in [3.05, 3.63) is 94.2 Å². The fraction of sp³-hybridized carbons (Fsp3) is 0.314. The molecule has 4 N–H and O–H groups in total. The van der Waals surface area contributed by atoms with Crippen molar-refractivity contribution in [1.29, 1.82) is 0 Å². The van der Waals surface area contributed by atoms with Gasteiger partial charge in [0.05, 0.1) is 19.8 Å². The zero-order valence-electron chi connectivity index (χ0n) is 26.4. The van der Waals surface area contributed by atoms with E-state index < -0.39 is 17.4 Å². The van der Waals surface area contributed by atoms with Gasteiger partial charge in [0.1, 0.15) is 5.76 Å². The molecular formula is C35H39ClN2O7S. The lowest BCUT2D eigenvalue weighted by molar-refractivity contribution is -0.119. The summed E-state index contributed by atoms with van der Waals surface area (Å²) in [6.45, 7) is 6.03. The first-order chi connectivity index (χ1) is 22.1. The molecule has 46 heavy (non-hydrogen) atoms. The van der Waals surface area contributed by atoms with Crippen LogP contribution in [-0.4, -0.2) is 64.3 Å². The molecule has 2 heterocycles. The number of anilines is 1. The summed E-state index contributed by atoms with van der Waals surface area (Å²) in [5.74, 6) is 0.191. The molecule has 11 heteroatoms. The van der Waals surface area contributed by atoms with E-state index in [-0.39, 0.29) is 40.6 Å². The number of thioether (sulfide) groups is 1. The molecule has 0 aromatic heterocycles. The van der Waals surface area contributed by atoms with Gasteiger partial charge in [-0.1, -0.05) is 43.7 Å². The van der Waals surface area contributed by atoms with E-state index >= 15 is 0 Å². The Kier molecular flexibility index (Phi) is 11.3. The number of allylic oxidation sites excluding steroid dienone is 2. The van der Waals surface area contributed by atoms with E-state index in [1.54, 1.807) is 60.3 Å². The Bertz CT molecular complexity index is 1650. The van der Waals surface area contributed by atoms with Crippen molar-refractivity contribution in [3.8, 4) is 23.0 Å². The van der Waals surface area contributed by atoms with Crippen LogP contribution in [0, 0.1) is 5.92 Å². The lowest BCUT2D eigenvalue weighted by Gasteiger charge is -2.41. The van der Waals surface area contributed by atoms with Crippen molar-refractivity contribution >= 4 is 47.3 Å². The molecular weight excluding hydrogens is 628 g/mol. The van der Waals surface area contributed by atoms with E-state index in [9.17, 15) is 24.9 Å².